The maximum absolute atomic E-state index is 12.6. The number of aromatic nitrogens is 1. The number of thioether (sulfide) groups is 1. The molecule has 6 nitrogen and oxygen atoms in total. The number of likely N-dealkylation sites (N-methyl/N-ethyl adjacent to an activating group) is 1. The number of ether oxygens (including phenoxy) is 2. The summed E-state index contributed by atoms with van der Waals surface area (Å²) in [6.07, 6.45) is 1.79. The molecule has 0 aliphatic rings. The number of benzene rings is 2. The summed E-state index contributed by atoms with van der Waals surface area (Å²) in [5.74, 6) is 0.888. The topological polar surface area (TPSA) is 71.6 Å². The number of hydrogen-bond donors (Lipinski definition) is 1. The predicted molar refractivity (Wildman–Crippen MR) is 117 cm³/mol. The number of rotatable bonds is 9. The molecule has 0 aliphatic heterocycles. The first-order chi connectivity index (χ1) is 14.5. The average Bonchev–Trinajstić information content (AvgIpc) is 3.26. The lowest BCUT2D eigenvalue weighted by Crippen LogP contribution is -2.33. The number of H-pyrrole nitrogens is 1. The van der Waals surface area contributed by atoms with E-state index in [4.69, 9.17) is 9.47 Å². The van der Waals surface area contributed by atoms with Crippen LogP contribution in [0.4, 0.5) is 0 Å². The number of carbonyl (C=O) groups excluding carboxylic acids is 2. The summed E-state index contributed by atoms with van der Waals surface area (Å²) >= 11 is 1.62. The molecule has 0 unspecified atom stereocenters. The van der Waals surface area contributed by atoms with Crippen molar-refractivity contribution in [2.45, 2.75) is 17.3 Å². The molecule has 0 bridgehead atoms. The Morgan fingerprint density at radius 3 is 2.47 bits per heavy atom. The van der Waals surface area contributed by atoms with Crippen LogP contribution in [0, 0.1) is 0 Å². The second-order valence-electron chi connectivity index (χ2n) is 6.69. The highest BCUT2D eigenvalue weighted by molar-refractivity contribution is 7.98. The number of aromatic amines is 1. The molecule has 2 aromatic carbocycles. The van der Waals surface area contributed by atoms with E-state index in [0.29, 0.717) is 5.69 Å². The van der Waals surface area contributed by atoms with E-state index in [9.17, 15) is 9.59 Å². The maximum atomic E-state index is 12.6. The van der Waals surface area contributed by atoms with E-state index >= 15 is 0 Å². The van der Waals surface area contributed by atoms with Gasteiger partial charge in [-0.1, -0.05) is 42.5 Å². The molecule has 30 heavy (non-hydrogen) atoms. The number of nitrogens with zero attached hydrogens (tertiary/aromatic N) is 1. The Morgan fingerprint density at radius 2 is 1.77 bits per heavy atom. The molecule has 0 fully saturated rings. The molecule has 1 heterocycles. The SMILES string of the molecule is COc1ccc(CSc2c[nH]c(C(=O)N(C)CC(=O)OCc3ccccc3)c2)cc1. The molecule has 0 saturated carbocycles. The fourth-order valence-electron chi connectivity index (χ4n) is 2.72. The molecule has 1 aromatic heterocycles. The van der Waals surface area contributed by atoms with Gasteiger partial charge in [0.25, 0.3) is 5.91 Å². The highest BCUT2D eigenvalue weighted by Gasteiger charge is 2.17. The van der Waals surface area contributed by atoms with Gasteiger partial charge in [-0.2, -0.15) is 0 Å². The van der Waals surface area contributed by atoms with Crippen molar-refractivity contribution in [3.8, 4) is 5.75 Å². The van der Waals surface area contributed by atoms with Crippen LogP contribution in [0.5, 0.6) is 5.75 Å². The first-order valence-corrected chi connectivity index (χ1v) is 10.4. The first kappa shape index (κ1) is 21.5. The van der Waals surface area contributed by atoms with Gasteiger partial charge in [0.15, 0.2) is 0 Å². The highest BCUT2D eigenvalue weighted by atomic mass is 32.2. The molecule has 0 aliphatic carbocycles. The summed E-state index contributed by atoms with van der Waals surface area (Å²) < 4.78 is 10.4. The van der Waals surface area contributed by atoms with Gasteiger partial charge in [-0.15, -0.1) is 11.8 Å². The summed E-state index contributed by atoms with van der Waals surface area (Å²) in [6, 6.07) is 19.1. The highest BCUT2D eigenvalue weighted by Crippen LogP contribution is 2.25. The van der Waals surface area contributed by atoms with Crippen LogP contribution >= 0.6 is 11.8 Å². The van der Waals surface area contributed by atoms with Crippen LogP contribution in [0.2, 0.25) is 0 Å². The molecule has 0 saturated heterocycles. The second kappa shape index (κ2) is 10.5. The third-order valence-corrected chi connectivity index (χ3v) is 5.45. The third kappa shape index (κ3) is 6.15. The van der Waals surface area contributed by atoms with Crippen molar-refractivity contribution in [1.29, 1.82) is 0 Å². The zero-order valence-electron chi connectivity index (χ0n) is 17.0. The zero-order chi connectivity index (χ0) is 21.3. The van der Waals surface area contributed by atoms with E-state index in [2.05, 4.69) is 4.98 Å². The van der Waals surface area contributed by atoms with Gasteiger partial charge in [-0.25, -0.2) is 0 Å². The molecule has 156 valence electrons. The largest absolute Gasteiger partial charge is 0.497 e. The standard InChI is InChI=1S/C23H24N2O4S/c1-25(14-22(26)29-15-17-6-4-3-5-7-17)23(27)21-12-20(13-24-21)30-16-18-8-10-19(28-2)11-9-18/h3-13,24H,14-16H2,1-2H3. The fraction of sp³-hybridized carbons (Fsp3) is 0.217. The van der Waals surface area contributed by atoms with E-state index in [1.165, 1.54) is 4.90 Å². The van der Waals surface area contributed by atoms with E-state index in [0.717, 1.165) is 27.5 Å². The molecule has 7 heteroatoms. The Morgan fingerprint density at radius 1 is 1.03 bits per heavy atom. The third-order valence-electron chi connectivity index (χ3n) is 4.41. The minimum Gasteiger partial charge on any atom is -0.497 e. The van der Waals surface area contributed by atoms with Gasteiger partial charge in [0, 0.05) is 23.9 Å². The molecule has 1 amide bonds. The van der Waals surface area contributed by atoms with Gasteiger partial charge < -0.3 is 19.4 Å². The second-order valence-corrected chi connectivity index (χ2v) is 7.74. The summed E-state index contributed by atoms with van der Waals surface area (Å²) in [7, 11) is 3.22. The molecule has 0 atom stereocenters. The normalized spacial score (nSPS) is 10.5. The Labute approximate surface area is 180 Å². The smallest absolute Gasteiger partial charge is 0.325 e. The Hall–Kier alpha value is -3.19. The number of amides is 1. The van der Waals surface area contributed by atoms with Crippen LogP contribution in [0.1, 0.15) is 21.6 Å². The summed E-state index contributed by atoms with van der Waals surface area (Å²) in [5, 5.41) is 0. The Bertz CT molecular complexity index is 970. The van der Waals surface area contributed by atoms with Crippen LogP contribution in [-0.4, -0.2) is 42.5 Å². The monoisotopic (exact) mass is 424 g/mol. The van der Waals surface area contributed by atoms with Gasteiger partial charge in [-0.05, 0) is 29.3 Å². The minimum atomic E-state index is -0.449. The van der Waals surface area contributed by atoms with Gasteiger partial charge in [0.2, 0.25) is 0 Å². The number of methoxy groups -OCH3 is 1. The quantitative estimate of drug-likeness (QED) is 0.413. The number of esters is 1. The maximum Gasteiger partial charge on any atom is 0.325 e. The number of hydrogen-bond acceptors (Lipinski definition) is 5. The van der Waals surface area contributed by atoms with Crippen molar-refractivity contribution < 1.29 is 19.1 Å². The van der Waals surface area contributed by atoms with Crippen LogP contribution in [0.15, 0.2) is 71.8 Å². The van der Waals surface area contributed by atoms with E-state index in [-0.39, 0.29) is 19.1 Å². The lowest BCUT2D eigenvalue weighted by atomic mass is 10.2. The van der Waals surface area contributed by atoms with Crippen LogP contribution in [0.25, 0.3) is 0 Å². The molecular formula is C23H24N2O4S. The van der Waals surface area contributed by atoms with Crippen LogP contribution in [-0.2, 0) is 21.9 Å². The van der Waals surface area contributed by atoms with Gasteiger partial charge in [0.1, 0.15) is 24.6 Å². The van der Waals surface area contributed by atoms with Crippen LogP contribution < -0.4 is 4.74 Å². The molecular weight excluding hydrogens is 400 g/mol. The van der Waals surface area contributed by atoms with Crippen molar-refractivity contribution >= 4 is 23.6 Å². The number of carbonyl (C=O) groups is 2. The lowest BCUT2D eigenvalue weighted by Gasteiger charge is -2.15. The molecule has 3 rings (SSSR count). The summed E-state index contributed by atoms with van der Waals surface area (Å²) in [5.41, 5.74) is 2.50. The van der Waals surface area contributed by atoms with Gasteiger partial charge in [-0.3, -0.25) is 9.59 Å². The van der Waals surface area contributed by atoms with E-state index in [1.54, 1.807) is 38.2 Å². The Kier molecular flexibility index (Phi) is 7.57. The number of nitrogens with one attached hydrogen (secondary N) is 1. The van der Waals surface area contributed by atoms with Crippen molar-refractivity contribution in [2.24, 2.45) is 0 Å². The van der Waals surface area contributed by atoms with Crippen molar-refractivity contribution in [2.75, 3.05) is 20.7 Å². The summed E-state index contributed by atoms with van der Waals surface area (Å²) in [4.78, 5) is 29.9. The first-order valence-electron chi connectivity index (χ1n) is 9.44. The minimum absolute atomic E-state index is 0.112. The lowest BCUT2D eigenvalue weighted by molar-refractivity contribution is -0.145. The van der Waals surface area contributed by atoms with Crippen molar-refractivity contribution in [1.82, 2.24) is 9.88 Å². The molecule has 3 aromatic rings. The predicted octanol–water partition coefficient (Wildman–Crippen LogP) is 4.13. The molecule has 0 spiro atoms. The Balaban J connectivity index is 1.47. The van der Waals surface area contributed by atoms with Crippen LogP contribution in [0.3, 0.4) is 0 Å². The molecule has 0 radical (unpaired) electrons. The van der Waals surface area contributed by atoms with Crippen molar-refractivity contribution in [3.63, 3.8) is 0 Å². The van der Waals surface area contributed by atoms with Gasteiger partial charge >= 0.3 is 5.97 Å². The average molecular weight is 425 g/mol. The molecule has 1 N–H and O–H groups in total. The van der Waals surface area contributed by atoms with Crippen molar-refractivity contribution in [3.05, 3.63) is 83.7 Å². The van der Waals surface area contributed by atoms with Gasteiger partial charge in [0.05, 0.1) is 7.11 Å². The fourth-order valence-corrected chi connectivity index (χ4v) is 3.59. The summed E-state index contributed by atoms with van der Waals surface area (Å²) in [6.45, 7) is 0.0787. The van der Waals surface area contributed by atoms with E-state index in [1.807, 2.05) is 54.6 Å². The zero-order valence-corrected chi connectivity index (χ0v) is 17.8. The van der Waals surface area contributed by atoms with E-state index < -0.39 is 5.97 Å².